The lowest BCUT2D eigenvalue weighted by Gasteiger charge is -2.11. The Morgan fingerprint density at radius 1 is 0.920 bits per heavy atom. The molecule has 5 rings (SSSR count). The van der Waals surface area contributed by atoms with Crippen LogP contribution >= 0.6 is 0 Å². The number of allylic oxidation sites excluding steroid dienone is 1. The van der Waals surface area contributed by atoms with Crippen molar-refractivity contribution in [1.29, 1.82) is 5.26 Å². The van der Waals surface area contributed by atoms with E-state index in [0.29, 0.717) is 11.3 Å². The van der Waals surface area contributed by atoms with Gasteiger partial charge in [-0.2, -0.15) is 5.26 Å². The molecule has 1 heterocycles. The zero-order chi connectivity index (χ0) is 17.0. The highest BCUT2D eigenvalue weighted by molar-refractivity contribution is 6.50. The van der Waals surface area contributed by atoms with Gasteiger partial charge in [0.25, 0.3) is 5.91 Å². The summed E-state index contributed by atoms with van der Waals surface area (Å²) in [4.78, 5) is 16.1. The zero-order valence-electron chi connectivity index (χ0n) is 13.1. The molecule has 0 atom stereocenters. The third-order valence-electron chi connectivity index (χ3n) is 4.64. The van der Waals surface area contributed by atoms with Gasteiger partial charge in [0, 0.05) is 33.3 Å². The second kappa shape index (κ2) is 4.89. The molecular weight excluding hydrogens is 310 g/mol. The summed E-state index contributed by atoms with van der Waals surface area (Å²) in [5.74, 6) is -0.443. The molecule has 1 amide bonds. The zero-order valence-corrected chi connectivity index (χ0v) is 13.1. The van der Waals surface area contributed by atoms with Crippen LogP contribution in [0.25, 0.3) is 16.3 Å². The molecule has 0 saturated carbocycles. The van der Waals surface area contributed by atoms with Crippen LogP contribution in [0.5, 0.6) is 0 Å². The van der Waals surface area contributed by atoms with Crippen LogP contribution in [-0.4, -0.2) is 11.6 Å². The summed E-state index contributed by atoms with van der Waals surface area (Å²) < 4.78 is 0. The van der Waals surface area contributed by atoms with E-state index in [1.807, 2.05) is 66.7 Å². The fourth-order valence-corrected chi connectivity index (χ4v) is 3.60. The molecule has 2 aliphatic rings. The fraction of sp³-hybridized carbons (Fsp3) is 0. The molecule has 1 N–H and O–H groups in total. The van der Waals surface area contributed by atoms with Crippen LogP contribution in [0.4, 0.5) is 11.4 Å². The highest BCUT2D eigenvalue weighted by Crippen LogP contribution is 2.44. The van der Waals surface area contributed by atoms with E-state index in [-0.39, 0.29) is 5.57 Å². The highest BCUT2D eigenvalue weighted by atomic mass is 16.1. The largest absolute Gasteiger partial charge is 0.355 e. The van der Waals surface area contributed by atoms with E-state index in [1.165, 1.54) is 0 Å². The van der Waals surface area contributed by atoms with Gasteiger partial charge < -0.3 is 5.32 Å². The maximum atomic E-state index is 12.0. The Bertz CT molecular complexity index is 1180. The summed E-state index contributed by atoms with van der Waals surface area (Å²) in [6.45, 7) is 0. The first-order valence-corrected chi connectivity index (χ1v) is 7.94. The van der Waals surface area contributed by atoms with Gasteiger partial charge in [-0.05, 0) is 23.8 Å². The molecule has 4 nitrogen and oxygen atoms in total. The van der Waals surface area contributed by atoms with Crippen molar-refractivity contribution in [3.8, 4) is 6.07 Å². The van der Waals surface area contributed by atoms with E-state index in [0.717, 1.165) is 33.3 Å². The SMILES string of the molecule is N#CC1=C2C(=NC1=O)c1ccc(Nc3ccccc3)c3cccc2c13. The van der Waals surface area contributed by atoms with Crippen LogP contribution in [0.2, 0.25) is 0 Å². The fourth-order valence-electron chi connectivity index (χ4n) is 3.60. The molecular formula is C21H11N3O. The van der Waals surface area contributed by atoms with Crippen molar-refractivity contribution in [2.45, 2.75) is 0 Å². The number of para-hydroxylation sites is 1. The van der Waals surface area contributed by atoms with Crippen molar-refractivity contribution in [3.63, 3.8) is 0 Å². The molecule has 0 bridgehead atoms. The molecule has 3 aromatic rings. The van der Waals surface area contributed by atoms with Crippen LogP contribution in [0, 0.1) is 11.3 Å². The monoisotopic (exact) mass is 321 g/mol. The molecule has 0 radical (unpaired) electrons. The van der Waals surface area contributed by atoms with Crippen molar-refractivity contribution in [3.05, 3.63) is 77.4 Å². The Labute approximate surface area is 143 Å². The number of hydrogen-bond acceptors (Lipinski definition) is 3. The Morgan fingerprint density at radius 3 is 2.56 bits per heavy atom. The molecule has 1 aliphatic carbocycles. The highest BCUT2D eigenvalue weighted by Gasteiger charge is 2.36. The predicted octanol–water partition coefficient (Wildman–Crippen LogP) is 4.20. The third-order valence-corrected chi connectivity index (χ3v) is 4.64. The van der Waals surface area contributed by atoms with Gasteiger partial charge in [-0.25, -0.2) is 4.99 Å². The maximum Gasteiger partial charge on any atom is 0.288 e. The first kappa shape index (κ1) is 13.7. The number of rotatable bonds is 2. The maximum absolute atomic E-state index is 12.0. The van der Waals surface area contributed by atoms with Crippen molar-refractivity contribution in [2.24, 2.45) is 4.99 Å². The van der Waals surface area contributed by atoms with Gasteiger partial charge in [-0.3, -0.25) is 4.79 Å². The van der Waals surface area contributed by atoms with E-state index in [4.69, 9.17) is 0 Å². The number of amides is 1. The van der Waals surface area contributed by atoms with Gasteiger partial charge in [0.15, 0.2) is 0 Å². The molecule has 1 aliphatic heterocycles. The number of anilines is 2. The van der Waals surface area contributed by atoms with Crippen LogP contribution < -0.4 is 5.32 Å². The Hall–Kier alpha value is -3.71. The van der Waals surface area contributed by atoms with E-state index in [9.17, 15) is 10.1 Å². The molecule has 0 fully saturated rings. The number of nitriles is 1. The lowest BCUT2D eigenvalue weighted by Crippen LogP contribution is -1.96. The van der Waals surface area contributed by atoms with Gasteiger partial charge in [0.2, 0.25) is 0 Å². The summed E-state index contributed by atoms with van der Waals surface area (Å²) in [5, 5.41) is 14.9. The minimum atomic E-state index is -0.443. The first-order chi connectivity index (χ1) is 12.3. The second-order valence-electron chi connectivity index (χ2n) is 6.01. The summed E-state index contributed by atoms with van der Waals surface area (Å²) in [5.41, 5.74) is 5.24. The number of benzene rings is 3. The van der Waals surface area contributed by atoms with Crippen molar-refractivity contribution < 1.29 is 4.79 Å². The summed E-state index contributed by atoms with van der Waals surface area (Å²) in [6, 6.07) is 21.9. The van der Waals surface area contributed by atoms with Crippen LogP contribution in [0.3, 0.4) is 0 Å². The summed E-state index contributed by atoms with van der Waals surface area (Å²) in [6.07, 6.45) is 0. The smallest absolute Gasteiger partial charge is 0.288 e. The van der Waals surface area contributed by atoms with Gasteiger partial charge in [0.05, 0.1) is 5.71 Å². The Balaban J connectivity index is 1.77. The average Bonchev–Trinajstić information content (AvgIpc) is 3.13. The number of fused-ring (bicyclic) bond motifs is 3. The van der Waals surface area contributed by atoms with Crippen LogP contribution in [0.1, 0.15) is 11.1 Å². The molecule has 0 saturated heterocycles. The van der Waals surface area contributed by atoms with Crippen LogP contribution in [-0.2, 0) is 4.79 Å². The number of hydrogen-bond donors (Lipinski definition) is 1. The molecule has 0 spiro atoms. The number of carbonyl (C=O) groups is 1. The number of nitrogens with one attached hydrogen (secondary N) is 1. The number of aliphatic imine (C=N–C) groups is 1. The molecule has 0 unspecified atom stereocenters. The standard InChI is InChI=1S/C21H11N3O/c22-11-16-19-14-8-4-7-13-17(23-12-5-2-1-3-6-12)10-9-15(18(13)14)20(19)24-21(16)25/h1-10,23H. The minimum absolute atomic E-state index is 0.135. The van der Waals surface area contributed by atoms with Crippen LogP contribution in [0.15, 0.2) is 71.2 Å². The molecule has 4 heteroatoms. The molecule has 3 aromatic carbocycles. The third kappa shape index (κ3) is 1.81. The predicted molar refractivity (Wildman–Crippen MR) is 97.7 cm³/mol. The van der Waals surface area contributed by atoms with Gasteiger partial charge in [0.1, 0.15) is 11.6 Å². The summed E-state index contributed by atoms with van der Waals surface area (Å²) >= 11 is 0. The normalized spacial score (nSPS) is 14.5. The topological polar surface area (TPSA) is 65.2 Å². The Morgan fingerprint density at radius 2 is 1.76 bits per heavy atom. The molecule has 0 aromatic heterocycles. The first-order valence-electron chi connectivity index (χ1n) is 7.94. The van der Waals surface area contributed by atoms with Crippen molar-refractivity contribution in [1.82, 2.24) is 0 Å². The van der Waals surface area contributed by atoms with Crippen molar-refractivity contribution >= 4 is 39.3 Å². The minimum Gasteiger partial charge on any atom is -0.355 e. The number of carbonyl (C=O) groups excluding carboxylic acids is 1. The summed E-state index contributed by atoms with van der Waals surface area (Å²) in [7, 11) is 0. The quantitative estimate of drug-likeness (QED) is 0.769. The lowest BCUT2D eigenvalue weighted by atomic mass is 10.0. The van der Waals surface area contributed by atoms with Gasteiger partial charge >= 0.3 is 0 Å². The Kier molecular flexibility index (Phi) is 2.68. The van der Waals surface area contributed by atoms with E-state index < -0.39 is 5.91 Å². The molecule has 116 valence electrons. The average molecular weight is 321 g/mol. The number of nitrogens with zero attached hydrogens (tertiary/aromatic N) is 2. The van der Waals surface area contributed by atoms with Gasteiger partial charge in [-0.15, -0.1) is 0 Å². The van der Waals surface area contributed by atoms with Crippen molar-refractivity contribution in [2.75, 3.05) is 5.32 Å². The van der Waals surface area contributed by atoms with E-state index >= 15 is 0 Å². The molecule has 25 heavy (non-hydrogen) atoms. The van der Waals surface area contributed by atoms with Gasteiger partial charge in [-0.1, -0.05) is 42.5 Å². The van der Waals surface area contributed by atoms with E-state index in [1.54, 1.807) is 0 Å². The second-order valence-corrected chi connectivity index (χ2v) is 6.01. The van der Waals surface area contributed by atoms with E-state index in [2.05, 4.69) is 10.3 Å². The lowest BCUT2D eigenvalue weighted by molar-refractivity contribution is -0.113.